The lowest BCUT2D eigenvalue weighted by molar-refractivity contribution is -0.137. The van der Waals surface area contributed by atoms with E-state index < -0.39 is 11.7 Å². The molecule has 0 heterocycles. The van der Waals surface area contributed by atoms with E-state index in [0.717, 1.165) is 12.1 Å². The van der Waals surface area contributed by atoms with Crippen LogP contribution in [0.2, 0.25) is 0 Å². The lowest BCUT2D eigenvalue weighted by Crippen LogP contribution is -2.08. The fraction of sp³-hybridized carbons (Fsp3) is 0.167. The molecule has 0 saturated heterocycles. The van der Waals surface area contributed by atoms with E-state index in [1.165, 1.54) is 6.07 Å². The van der Waals surface area contributed by atoms with Crippen molar-refractivity contribution in [3.8, 4) is 11.8 Å². The Bertz CT molecular complexity index is 493. The molecule has 1 aromatic rings. The maximum absolute atomic E-state index is 12.6. The van der Waals surface area contributed by atoms with Crippen molar-refractivity contribution in [2.45, 2.75) is 12.6 Å². The highest BCUT2D eigenvalue weighted by molar-refractivity contribution is 5.75. The van der Waals surface area contributed by atoms with Crippen molar-refractivity contribution in [1.29, 1.82) is 0 Å². The van der Waals surface area contributed by atoms with E-state index in [4.69, 9.17) is 0 Å². The molecule has 1 rings (SSSR count). The monoisotopic (exact) mass is 240 g/mol. The normalized spacial score (nSPS) is 10.3. The van der Waals surface area contributed by atoms with Crippen molar-refractivity contribution < 1.29 is 22.8 Å². The van der Waals surface area contributed by atoms with E-state index in [9.17, 15) is 22.8 Å². The molecular formula is C12H7F3O2. The maximum Gasteiger partial charge on any atom is 0.417 e. The molecule has 0 aliphatic heterocycles. The quantitative estimate of drug-likeness (QED) is 0.587. The van der Waals surface area contributed by atoms with Crippen LogP contribution in [0, 0.1) is 11.8 Å². The van der Waals surface area contributed by atoms with Crippen LogP contribution in [0.1, 0.15) is 27.9 Å². The Morgan fingerprint density at radius 2 is 1.94 bits per heavy atom. The first-order valence-electron chi connectivity index (χ1n) is 4.58. The summed E-state index contributed by atoms with van der Waals surface area (Å²) in [6.45, 7) is 0. The molecule has 0 N–H and O–H groups in total. The van der Waals surface area contributed by atoms with Gasteiger partial charge in [0.25, 0.3) is 0 Å². The highest BCUT2D eigenvalue weighted by atomic mass is 19.4. The molecule has 2 nitrogen and oxygen atoms in total. The highest BCUT2D eigenvalue weighted by Crippen LogP contribution is 2.32. The van der Waals surface area contributed by atoms with Crippen LogP contribution in [0.25, 0.3) is 0 Å². The highest BCUT2D eigenvalue weighted by Gasteiger charge is 2.33. The zero-order valence-corrected chi connectivity index (χ0v) is 8.54. The Balaban J connectivity index is 3.26. The van der Waals surface area contributed by atoms with Crippen molar-refractivity contribution in [3.63, 3.8) is 0 Å². The summed E-state index contributed by atoms with van der Waals surface area (Å²) in [4.78, 5) is 20.4. The molecule has 0 bridgehead atoms. The lowest BCUT2D eigenvalue weighted by Gasteiger charge is -2.09. The number of carbonyl (C=O) groups excluding carboxylic acids is 2. The predicted molar refractivity (Wildman–Crippen MR) is 54.4 cm³/mol. The third kappa shape index (κ3) is 3.45. The van der Waals surface area contributed by atoms with E-state index in [-0.39, 0.29) is 17.5 Å². The van der Waals surface area contributed by atoms with Crippen molar-refractivity contribution in [3.05, 3.63) is 34.9 Å². The van der Waals surface area contributed by atoms with E-state index in [0.29, 0.717) is 12.6 Å². The van der Waals surface area contributed by atoms with Gasteiger partial charge < -0.3 is 4.79 Å². The van der Waals surface area contributed by atoms with Crippen LogP contribution in [0.4, 0.5) is 13.2 Å². The van der Waals surface area contributed by atoms with Crippen LogP contribution in [0.3, 0.4) is 0 Å². The summed E-state index contributed by atoms with van der Waals surface area (Å²) >= 11 is 0. The third-order valence-electron chi connectivity index (χ3n) is 1.89. The zero-order chi connectivity index (χ0) is 12.9. The van der Waals surface area contributed by atoms with E-state index in [1.54, 1.807) is 0 Å². The average Bonchev–Trinajstić information content (AvgIpc) is 2.28. The smallest absolute Gasteiger partial charge is 0.302 e. The summed E-state index contributed by atoms with van der Waals surface area (Å²) in [5.74, 6) is 4.55. The molecule has 0 fully saturated rings. The summed E-state index contributed by atoms with van der Waals surface area (Å²) in [5, 5.41) is 0. The summed E-state index contributed by atoms with van der Waals surface area (Å²) in [6, 6.07) is 3.09. The number of rotatable bonds is 2. The molecule has 0 atom stereocenters. The van der Waals surface area contributed by atoms with E-state index in [1.807, 2.05) is 0 Å². The van der Waals surface area contributed by atoms with Gasteiger partial charge in [-0.05, 0) is 12.1 Å². The van der Waals surface area contributed by atoms with Gasteiger partial charge in [-0.1, -0.05) is 17.9 Å². The molecule has 5 heteroatoms. The van der Waals surface area contributed by atoms with Gasteiger partial charge in [0.05, 0.1) is 12.0 Å². The molecule has 0 aliphatic rings. The molecular weight excluding hydrogens is 233 g/mol. The van der Waals surface area contributed by atoms with Crippen molar-refractivity contribution in [1.82, 2.24) is 0 Å². The molecule has 0 saturated carbocycles. The Labute approximate surface area is 95.4 Å². The fourth-order valence-electron chi connectivity index (χ4n) is 1.17. The number of benzene rings is 1. The first-order chi connectivity index (χ1) is 7.99. The number of aldehydes is 2. The predicted octanol–water partition coefficient (Wildman–Crippen LogP) is 2.46. The van der Waals surface area contributed by atoms with Crippen molar-refractivity contribution in [2.24, 2.45) is 0 Å². The molecule has 0 spiro atoms. The molecule has 88 valence electrons. The SMILES string of the molecule is O=CCC#Cc1ccc(C=O)cc1C(F)(F)F. The van der Waals surface area contributed by atoms with E-state index >= 15 is 0 Å². The third-order valence-corrected chi connectivity index (χ3v) is 1.89. The van der Waals surface area contributed by atoms with Crippen LogP contribution in [0.15, 0.2) is 18.2 Å². The number of carbonyl (C=O) groups is 2. The first kappa shape index (κ1) is 13.0. The van der Waals surface area contributed by atoms with Gasteiger partial charge in [0, 0.05) is 11.1 Å². The van der Waals surface area contributed by atoms with Crippen LogP contribution in [-0.2, 0) is 11.0 Å². The van der Waals surface area contributed by atoms with Crippen LogP contribution >= 0.6 is 0 Å². The van der Waals surface area contributed by atoms with Gasteiger partial charge >= 0.3 is 6.18 Å². The average molecular weight is 240 g/mol. The zero-order valence-electron chi connectivity index (χ0n) is 8.54. The molecule has 1 aromatic carbocycles. The van der Waals surface area contributed by atoms with Crippen molar-refractivity contribution >= 4 is 12.6 Å². The van der Waals surface area contributed by atoms with Gasteiger partial charge in [0.1, 0.15) is 12.6 Å². The minimum absolute atomic E-state index is 0.0711. The van der Waals surface area contributed by atoms with Gasteiger partial charge in [-0.3, -0.25) is 4.79 Å². The molecule has 0 aliphatic carbocycles. The Hall–Kier alpha value is -2.09. The van der Waals surface area contributed by atoms with Gasteiger partial charge in [-0.2, -0.15) is 13.2 Å². The number of hydrogen-bond acceptors (Lipinski definition) is 2. The second-order valence-electron chi connectivity index (χ2n) is 3.09. The van der Waals surface area contributed by atoms with Crippen LogP contribution in [-0.4, -0.2) is 12.6 Å². The Morgan fingerprint density at radius 1 is 1.24 bits per heavy atom. The molecule has 17 heavy (non-hydrogen) atoms. The molecule has 0 aromatic heterocycles. The number of alkyl halides is 3. The molecule has 0 amide bonds. The molecule has 0 radical (unpaired) electrons. The van der Waals surface area contributed by atoms with Gasteiger partial charge in [0.15, 0.2) is 0 Å². The van der Waals surface area contributed by atoms with Gasteiger partial charge in [0.2, 0.25) is 0 Å². The summed E-state index contributed by atoms with van der Waals surface area (Å²) in [6.07, 6.45) is -3.88. The van der Waals surface area contributed by atoms with Crippen LogP contribution < -0.4 is 0 Å². The standard InChI is InChI=1S/C12H7F3O2/c13-12(14,15)11-7-9(8-17)4-5-10(11)3-1-2-6-16/h4-8H,2H2. The summed E-state index contributed by atoms with van der Waals surface area (Å²) in [7, 11) is 0. The van der Waals surface area contributed by atoms with Gasteiger partial charge in [-0.15, -0.1) is 0 Å². The minimum atomic E-state index is -4.58. The van der Waals surface area contributed by atoms with Gasteiger partial charge in [-0.25, -0.2) is 0 Å². The first-order valence-corrected chi connectivity index (χ1v) is 4.58. The Kier molecular flexibility index (Phi) is 4.05. The number of halogens is 3. The topological polar surface area (TPSA) is 34.1 Å². The molecule has 0 unspecified atom stereocenters. The van der Waals surface area contributed by atoms with E-state index in [2.05, 4.69) is 11.8 Å². The summed E-state index contributed by atoms with van der Waals surface area (Å²) < 4.78 is 37.9. The second kappa shape index (κ2) is 5.30. The number of hydrogen-bond donors (Lipinski definition) is 0. The van der Waals surface area contributed by atoms with Crippen molar-refractivity contribution in [2.75, 3.05) is 0 Å². The maximum atomic E-state index is 12.6. The van der Waals surface area contributed by atoms with Crippen LogP contribution in [0.5, 0.6) is 0 Å². The Morgan fingerprint density at radius 3 is 2.47 bits per heavy atom. The largest absolute Gasteiger partial charge is 0.417 e. The lowest BCUT2D eigenvalue weighted by atomic mass is 10.0. The summed E-state index contributed by atoms with van der Waals surface area (Å²) in [5.41, 5.74) is -1.29. The second-order valence-corrected chi connectivity index (χ2v) is 3.09. The fourth-order valence-corrected chi connectivity index (χ4v) is 1.17. The minimum Gasteiger partial charge on any atom is -0.302 e.